The van der Waals surface area contributed by atoms with Gasteiger partial charge in [-0.3, -0.25) is 0 Å². The van der Waals surface area contributed by atoms with Gasteiger partial charge in [0.15, 0.2) is 17.3 Å². The van der Waals surface area contributed by atoms with Crippen molar-refractivity contribution in [2.24, 2.45) is 0 Å². The van der Waals surface area contributed by atoms with Crippen LogP contribution in [0.1, 0.15) is 19.4 Å². The van der Waals surface area contributed by atoms with E-state index in [4.69, 9.17) is 11.6 Å². The first-order chi connectivity index (χ1) is 6.79. The normalized spacial score (nSPS) is 11.6. The standard InChI is InChI=1S/C10H12ClFO3/c1-10(2,14)5-4-6(11)7(12)9(15-3)8(5)13/h4,13-14H,1-3H3. The van der Waals surface area contributed by atoms with Gasteiger partial charge < -0.3 is 14.9 Å². The Morgan fingerprint density at radius 3 is 2.40 bits per heavy atom. The van der Waals surface area contributed by atoms with Crippen LogP contribution in [0.25, 0.3) is 0 Å². The quantitative estimate of drug-likeness (QED) is 0.826. The zero-order chi connectivity index (χ0) is 11.8. The van der Waals surface area contributed by atoms with Crippen LogP contribution in [0.3, 0.4) is 0 Å². The third-order valence-corrected chi connectivity index (χ3v) is 2.29. The van der Waals surface area contributed by atoms with Crippen LogP contribution in [0, 0.1) is 5.82 Å². The average molecular weight is 235 g/mol. The molecule has 0 aliphatic carbocycles. The number of methoxy groups -OCH3 is 1. The lowest BCUT2D eigenvalue weighted by Gasteiger charge is -2.21. The van der Waals surface area contributed by atoms with Gasteiger partial charge in [0, 0.05) is 5.56 Å². The summed E-state index contributed by atoms with van der Waals surface area (Å²) in [5.41, 5.74) is -1.21. The number of aliphatic hydroxyl groups is 1. The van der Waals surface area contributed by atoms with Gasteiger partial charge in [-0.15, -0.1) is 0 Å². The first-order valence-electron chi connectivity index (χ1n) is 4.26. The molecule has 0 bridgehead atoms. The smallest absolute Gasteiger partial charge is 0.198 e. The minimum atomic E-state index is -1.32. The molecule has 0 fully saturated rings. The highest BCUT2D eigenvalue weighted by Crippen LogP contribution is 2.41. The Kier molecular flexibility index (Phi) is 3.11. The predicted molar refractivity (Wildman–Crippen MR) is 54.9 cm³/mol. The molecule has 0 aliphatic heterocycles. The molecule has 84 valence electrons. The van der Waals surface area contributed by atoms with E-state index >= 15 is 0 Å². The molecule has 0 radical (unpaired) electrons. The van der Waals surface area contributed by atoms with E-state index in [1.54, 1.807) is 0 Å². The van der Waals surface area contributed by atoms with Crippen molar-refractivity contribution >= 4 is 11.6 Å². The van der Waals surface area contributed by atoms with Crippen LogP contribution in [0.15, 0.2) is 6.07 Å². The number of benzene rings is 1. The van der Waals surface area contributed by atoms with E-state index in [0.717, 1.165) is 0 Å². The summed E-state index contributed by atoms with van der Waals surface area (Å²) in [5.74, 6) is -1.64. The molecule has 3 nitrogen and oxygen atoms in total. The van der Waals surface area contributed by atoms with Gasteiger partial charge in [0.2, 0.25) is 0 Å². The maximum Gasteiger partial charge on any atom is 0.198 e. The second-order valence-corrected chi connectivity index (χ2v) is 4.07. The fraction of sp³-hybridized carbons (Fsp3) is 0.400. The Morgan fingerprint density at radius 1 is 1.47 bits per heavy atom. The van der Waals surface area contributed by atoms with Gasteiger partial charge in [-0.2, -0.15) is 0 Å². The molecule has 0 unspecified atom stereocenters. The van der Waals surface area contributed by atoms with E-state index < -0.39 is 17.2 Å². The van der Waals surface area contributed by atoms with Crippen LogP contribution < -0.4 is 4.74 Å². The third-order valence-electron chi connectivity index (χ3n) is 2.01. The largest absolute Gasteiger partial charge is 0.504 e. The molecular formula is C10H12ClFO3. The minimum absolute atomic E-state index is 0.116. The number of phenols is 1. The zero-order valence-corrected chi connectivity index (χ0v) is 9.39. The Bertz CT molecular complexity index is 385. The first kappa shape index (κ1) is 12.1. The fourth-order valence-corrected chi connectivity index (χ4v) is 1.44. The molecular weight excluding hydrogens is 223 g/mol. The molecule has 2 N–H and O–H groups in total. The molecule has 5 heteroatoms. The Balaban J connectivity index is 3.51. The number of hydrogen-bond donors (Lipinski definition) is 2. The Hall–Kier alpha value is -1.00. The van der Waals surface area contributed by atoms with Crippen LogP contribution in [-0.4, -0.2) is 17.3 Å². The van der Waals surface area contributed by atoms with Crippen molar-refractivity contribution in [1.82, 2.24) is 0 Å². The van der Waals surface area contributed by atoms with Gasteiger partial charge in [0.1, 0.15) is 0 Å². The summed E-state index contributed by atoms with van der Waals surface area (Å²) in [7, 11) is 1.21. The molecule has 0 spiro atoms. The van der Waals surface area contributed by atoms with Crippen LogP contribution in [0.5, 0.6) is 11.5 Å². The van der Waals surface area contributed by atoms with Crippen molar-refractivity contribution in [1.29, 1.82) is 0 Å². The number of ether oxygens (including phenoxy) is 1. The van der Waals surface area contributed by atoms with Crippen LogP contribution in [0.2, 0.25) is 5.02 Å². The molecule has 0 aromatic heterocycles. The topological polar surface area (TPSA) is 49.7 Å². The highest BCUT2D eigenvalue weighted by molar-refractivity contribution is 6.31. The molecule has 1 aromatic rings. The van der Waals surface area contributed by atoms with Gasteiger partial charge in [-0.05, 0) is 19.9 Å². The number of phenolic OH excluding ortho intramolecular Hbond substituents is 1. The van der Waals surface area contributed by atoms with Gasteiger partial charge in [-0.25, -0.2) is 4.39 Å². The van der Waals surface area contributed by atoms with Crippen molar-refractivity contribution < 1.29 is 19.3 Å². The van der Waals surface area contributed by atoms with Crippen LogP contribution >= 0.6 is 11.6 Å². The maximum atomic E-state index is 13.3. The molecule has 0 amide bonds. The number of rotatable bonds is 2. The lowest BCUT2D eigenvalue weighted by Crippen LogP contribution is -2.16. The first-order valence-corrected chi connectivity index (χ1v) is 4.64. The van der Waals surface area contributed by atoms with E-state index in [0.29, 0.717) is 0 Å². The van der Waals surface area contributed by atoms with E-state index in [2.05, 4.69) is 4.74 Å². The van der Waals surface area contributed by atoms with Gasteiger partial charge in [0.05, 0.1) is 17.7 Å². The molecule has 0 aliphatic rings. The van der Waals surface area contributed by atoms with Crippen molar-refractivity contribution in [2.75, 3.05) is 7.11 Å². The summed E-state index contributed by atoms with van der Waals surface area (Å²) < 4.78 is 18.0. The molecule has 0 heterocycles. The van der Waals surface area contributed by atoms with E-state index in [1.165, 1.54) is 27.0 Å². The lowest BCUT2D eigenvalue weighted by atomic mass is 9.97. The monoisotopic (exact) mass is 234 g/mol. The summed E-state index contributed by atoms with van der Waals surface area (Å²) in [6.45, 7) is 2.91. The second-order valence-electron chi connectivity index (χ2n) is 3.66. The second kappa shape index (κ2) is 3.87. The van der Waals surface area contributed by atoms with Crippen LogP contribution in [-0.2, 0) is 5.60 Å². The lowest BCUT2D eigenvalue weighted by molar-refractivity contribution is 0.0751. The van der Waals surface area contributed by atoms with Crippen molar-refractivity contribution in [3.05, 3.63) is 22.5 Å². The maximum absolute atomic E-state index is 13.3. The zero-order valence-electron chi connectivity index (χ0n) is 8.64. The van der Waals surface area contributed by atoms with E-state index in [-0.39, 0.29) is 16.3 Å². The van der Waals surface area contributed by atoms with Gasteiger partial charge in [0.25, 0.3) is 0 Å². The summed E-state index contributed by atoms with van der Waals surface area (Å²) >= 11 is 5.60. The number of halogens is 2. The minimum Gasteiger partial charge on any atom is -0.504 e. The summed E-state index contributed by atoms with van der Waals surface area (Å²) in [6.07, 6.45) is 0. The molecule has 1 aromatic carbocycles. The van der Waals surface area contributed by atoms with Crippen molar-refractivity contribution in [2.45, 2.75) is 19.4 Å². The predicted octanol–water partition coefficient (Wildman–Crippen LogP) is 2.42. The third kappa shape index (κ3) is 2.16. The van der Waals surface area contributed by atoms with Crippen molar-refractivity contribution in [3.8, 4) is 11.5 Å². The molecule has 0 atom stereocenters. The summed E-state index contributed by atoms with van der Waals surface area (Å²) in [4.78, 5) is 0. The average Bonchev–Trinajstić information content (AvgIpc) is 2.10. The fourth-order valence-electron chi connectivity index (χ4n) is 1.25. The van der Waals surface area contributed by atoms with E-state index in [9.17, 15) is 14.6 Å². The Morgan fingerprint density at radius 2 is 2.00 bits per heavy atom. The highest BCUT2D eigenvalue weighted by Gasteiger charge is 2.26. The molecule has 0 saturated heterocycles. The van der Waals surface area contributed by atoms with Gasteiger partial charge >= 0.3 is 0 Å². The van der Waals surface area contributed by atoms with Crippen molar-refractivity contribution in [3.63, 3.8) is 0 Å². The molecule has 15 heavy (non-hydrogen) atoms. The SMILES string of the molecule is COc1c(O)c(C(C)(C)O)cc(Cl)c1F. The summed E-state index contributed by atoms with van der Waals surface area (Å²) in [5, 5.41) is 19.1. The van der Waals surface area contributed by atoms with Crippen LogP contribution in [0.4, 0.5) is 4.39 Å². The van der Waals surface area contributed by atoms with Gasteiger partial charge in [-0.1, -0.05) is 11.6 Å². The number of hydrogen-bond acceptors (Lipinski definition) is 3. The highest BCUT2D eigenvalue weighted by atomic mass is 35.5. The Labute approximate surface area is 92.1 Å². The summed E-state index contributed by atoms with van der Waals surface area (Å²) in [6, 6.07) is 1.18. The molecule has 0 saturated carbocycles. The van der Waals surface area contributed by atoms with E-state index in [1.807, 2.05) is 0 Å². The molecule has 1 rings (SSSR count). The number of aromatic hydroxyl groups is 1.